The number of anilines is 3. The van der Waals surface area contributed by atoms with Gasteiger partial charge >= 0.3 is 0 Å². The van der Waals surface area contributed by atoms with E-state index in [9.17, 15) is 0 Å². The number of hydrogen-bond acceptors (Lipinski definition) is 3. The zero-order chi connectivity index (χ0) is 42.1. The van der Waals surface area contributed by atoms with E-state index in [0.717, 1.165) is 59.4 Å². The SMILES string of the molecule is C=N/C(=C\C(NCc1ccccc1)c1ccc(C2=CC=CCC=C2)cc1)n1c2cc(-c3ccc4c(c3)N(c3ccccc3)c3ccccc3C4)ccc2c2c3c(ccc21)CCC=C3. The first-order valence-electron chi connectivity index (χ1n) is 22.1. The minimum atomic E-state index is -0.154. The van der Waals surface area contributed by atoms with Crippen LogP contribution >= 0.6 is 0 Å². The summed E-state index contributed by atoms with van der Waals surface area (Å²) in [5.74, 6) is 0.790. The largest absolute Gasteiger partial charge is 0.310 e. The van der Waals surface area contributed by atoms with Crippen molar-refractivity contribution in [3.8, 4) is 11.1 Å². The van der Waals surface area contributed by atoms with Gasteiger partial charge in [0.25, 0.3) is 0 Å². The van der Waals surface area contributed by atoms with Crippen molar-refractivity contribution in [1.29, 1.82) is 0 Å². The van der Waals surface area contributed by atoms with E-state index < -0.39 is 0 Å². The summed E-state index contributed by atoms with van der Waals surface area (Å²) in [7, 11) is 0. The van der Waals surface area contributed by atoms with Gasteiger partial charge in [-0.3, -0.25) is 4.57 Å². The van der Waals surface area contributed by atoms with E-state index in [1.807, 2.05) is 0 Å². The number of aromatic nitrogens is 1. The molecule has 8 aromatic rings. The van der Waals surface area contributed by atoms with Crippen LogP contribution < -0.4 is 10.2 Å². The fourth-order valence-electron chi connectivity index (χ4n) is 9.72. The number of rotatable bonds is 10. The summed E-state index contributed by atoms with van der Waals surface area (Å²) in [4.78, 5) is 7.29. The molecule has 2 aliphatic carbocycles. The van der Waals surface area contributed by atoms with Crippen LogP contribution in [-0.2, 0) is 19.4 Å². The Morgan fingerprint density at radius 2 is 1.41 bits per heavy atom. The van der Waals surface area contributed by atoms with Crippen LogP contribution in [0.5, 0.6) is 0 Å². The van der Waals surface area contributed by atoms with Gasteiger partial charge in [-0.05, 0) is 124 Å². The topological polar surface area (TPSA) is 32.6 Å². The fourth-order valence-corrected chi connectivity index (χ4v) is 9.72. The lowest BCUT2D eigenvalue weighted by molar-refractivity contribution is 0.620. The third-order valence-electron chi connectivity index (χ3n) is 12.9. The number of aliphatic imine (C=N–C) groups is 1. The molecule has 0 saturated carbocycles. The maximum Gasteiger partial charge on any atom is 0.134 e. The second-order valence-electron chi connectivity index (χ2n) is 16.7. The van der Waals surface area contributed by atoms with Gasteiger partial charge in [0, 0.05) is 35.1 Å². The number of nitrogens with one attached hydrogen (secondary N) is 1. The highest BCUT2D eigenvalue weighted by Gasteiger charge is 2.25. The van der Waals surface area contributed by atoms with Gasteiger partial charge in [-0.2, -0.15) is 0 Å². The lowest BCUT2D eigenvalue weighted by atomic mass is 9.91. The molecule has 2 heterocycles. The van der Waals surface area contributed by atoms with Gasteiger partial charge in [-0.25, -0.2) is 4.99 Å². The minimum absolute atomic E-state index is 0.154. The molecule has 1 N–H and O–H groups in total. The van der Waals surface area contributed by atoms with E-state index >= 15 is 0 Å². The quantitative estimate of drug-likeness (QED) is 0.140. The molecule has 1 aromatic heterocycles. The van der Waals surface area contributed by atoms with Crippen LogP contribution in [0.3, 0.4) is 0 Å². The Balaban J connectivity index is 1.06. The van der Waals surface area contributed by atoms with Crippen LogP contribution in [-0.4, -0.2) is 11.3 Å². The second kappa shape index (κ2) is 16.7. The molecule has 1 aliphatic heterocycles. The highest BCUT2D eigenvalue weighted by atomic mass is 15.2. The number of hydrogen-bond donors (Lipinski definition) is 1. The molecule has 4 nitrogen and oxygen atoms in total. The van der Waals surface area contributed by atoms with Crippen LogP contribution in [0.25, 0.3) is 50.4 Å². The average molecular weight is 813 g/mol. The van der Waals surface area contributed by atoms with Crippen molar-refractivity contribution in [2.24, 2.45) is 4.99 Å². The normalized spacial score (nSPS) is 14.8. The maximum atomic E-state index is 4.87. The fraction of sp³-hybridized carbons (Fsp3) is 0.102. The Hall–Kier alpha value is -7.53. The summed E-state index contributed by atoms with van der Waals surface area (Å²) >= 11 is 0. The minimum Gasteiger partial charge on any atom is -0.310 e. The van der Waals surface area contributed by atoms with Crippen molar-refractivity contribution in [3.63, 3.8) is 0 Å². The van der Waals surface area contributed by atoms with Gasteiger partial charge in [0.2, 0.25) is 0 Å². The molecule has 0 bridgehead atoms. The van der Waals surface area contributed by atoms with Gasteiger partial charge in [0.1, 0.15) is 5.82 Å². The number of allylic oxidation sites excluding steroid dienone is 7. The molecule has 3 aliphatic rings. The van der Waals surface area contributed by atoms with Gasteiger partial charge in [0.05, 0.1) is 22.8 Å². The summed E-state index contributed by atoms with van der Waals surface area (Å²) in [5, 5.41) is 6.36. The zero-order valence-electron chi connectivity index (χ0n) is 35.3. The summed E-state index contributed by atoms with van der Waals surface area (Å²) in [6.07, 6.45) is 21.8. The molecule has 0 saturated heterocycles. The van der Waals surface area contributed by atoms with E-state index in [1.165, 1.54) is 66.7 Å². The van der Waals surface area contributed by atoms with Crippen molar-refractivity contribution in [3.05, 3.63) is 239 Å². The van der Waals surface area contributed by atoms with Crippen LogP contribution in [0.1, 0.15) is 57.8 Å². The first-order chi connectivity index (χ1) is 31.2. The first kappa shape index (κ1) is 38.4. The Bertz CT molecular complexity index is 3180. The van der Waals surface area contributed by atoms with Crippen molar-refractivity contribution < 1.29 is 0 Å². The highest BCUT2D eigenvalue weighted by Crippen LogP contribution is 2.46. The van der Waals surface area contributed by atoms with Crippen molar-refractivity contribution in [1.82, 2.24) is 9.88 Å². The zero-order valence-corrected chi connectivity index (χ0v) is 35.3. The molecule has 0 spiro atoms. The van der Waals surface area contributed by atoms with Gasteiger partial charge in [-0.1, -0.05) is 164 Å². The van der Waals surface area contributed by atoms with E-state index in [1.54, 1.807) is 0 Å². The molecule has 0 radical (unpaired) electrons. The first-order valence-corrected chi connectivity index (χ1v) is 22.1. The van der Waals surface area contributed by atoms with Crippen molar-refractivity contribution in [2.75, 3.05) is 4.90 Å². The molecule has 7 aromatic carbocycles. The lowest BCUT2D eigenvalue weighted by Crippen LogP contribution is -2.20. The Kier molecular flexibility index (Phi) is 10.2. The third-order valence-corrected chi connectivity index (χ3v) is 12.9. The van der Waals surface area contributed by atoms with Gasteiger partial charge in [0.15, 0.2) is 0 Å². The van der Waals surface area contributed by atoms with Crippen LogP contribution in [0, 0.1) is 0 Å². The van der Waals surface area contributed by atoms with Crippen LogP contribution in [0.2, 0.25) is 0 Å². The lowest BCUT2D eigenvalue weighted by Gasteiger charge is -2.34. The molecule has 1 unspecified atom stereocenters. The van der Waals surface area contributed by atoms with Crippen molar-refractivity contribution in [2.45, 2.75) is 38.3 Å². The maximum absolute atomic E-state index is 4.87. The molecular formula is C59H48N4. The van der Waals surface area contributed by atoms with E-state index in [4.69, 9.17) is 4.99 Å². The Morgan fingerprint density at radius 1 is 0.667 bits per heavy atom. The molecule has 63 heavy (non-hydrogen) atoms. The molecule has 0 amide bonds. The highest BCUT2D eigenvalue weighted by molar-refractivity contribution is 6.15. The summed E-state index contributed by atoms with van der Waals surface area (Å²) < 4.78 is 2.34. The predicted molar refractivity (Wildman–Crippen MR) is 267 cm³/mol. The number of para-hydroxylation sites is 2. The van der Waals surface area contributed by atoms with Crippen molar-refractivity contribution >= 4 is 63.1 Å². The number of fused-ring (bicyclic) bond motifs is 7. The number of aryl methyl sites for hydroxylation is 1. The molecule has 0 fully saturated rings. The second-order valence-corrected chi connectivity index (χ2v) is 16.7. The Morgan fingerprint density at radius 3 is 2.27 bits per heavy atom. The predicted octanol–water partition coefficient (Wildman–Crippen LogP) is 14.7. The van der Waals surface area contributed by atoms with E-state index in [2.05, 4.69) is 228 Å². The van der Waals surface area contributed by atoms with Crippen LogP contribution in [0.4, 0.5) is 17.1 Å². The molecule has 11 rings (SSSR count). The van der Waals surface area contributed by atoms with E-state index in [-0.39, 0.29) is 6.04 Å². The number of benzene rings is 7. The number of nitrogens with zero attached hydrogens (tertiary/aromatic N) is 3. The molecule has 1 atom stereocenters. The summed E-state index contributed by atoms with van der Waals surface area (Å²) in [6.45, 7) is 4.94. The summed E-state index contributed by atoms with van der Waals surface area (Å²) in [6, 6.07) is 57.5. The van der Waals surface area contributed by atoms with Crippen LogP contribution in [0.15, 0.2) is 205 Å². The Labute approximate surface area is 369 Å². The molecule has 4 heteroatoms. The average Bonchev–Trinajstić information content (AvgIpc) is 3.45. The van der Waals surface area contributed by atoms with Gasteiger partial charge in [-0.15, -0.1) is 0 Å². The molecule has 304 valence electrons. The third kappa shape index (κ3) is 7.29. The smallest absolute Gasteiger partial charge is 0.134 e. The molecular weight excluding hydrogens is 765 g/mol. The summed E-state index contributed by atoms with van der Waals surface area (Å²) in [5.41, 5.74) is 18.3. The van der Waals surface area contributed by atoms with E-state index in [0.29, 0.717) is 6.54 Å². The standard InChI is InChI=1S/C59H48N4/c1-60-58(39-53(61-40-41-16-6-4-7-17-41)45-28-26-43(27-29-45)42-18-8-2-3-9-19-42)63-55-35-33-44-20-12-14-24-51(44)59(55)52-34-32-47(38-57(52)63)46-30-31-49-36-48-21-13-15-25-54(48)62(56(49)37-46)50-22-10-5-11-23-50/h2,4-11,13-19,21-35,37-39,53,61H,1,3,12,20,36,40H2/b58-39+. The monoisotopic (exact) mass is 812 g/mol. The van der Waals surface area contributed by atoms with Gasteiger partial charge < -0.3 is 10.2 Å².